The van der Waals surface area contributed by atoms with Crippen molar-refractivity contribution >= 4 is 28.8 Å². The van der Waals surface area contributed by atoms with Crippen LogP contribution in [0, 0.1) is 0 Å². The van der Waals surface area contributed by atoms with E-state index in [2.05, 4.69) is 39.8 Å². The maximum atomic E-state index is 12.9. The summed E-state index contributed by atoms with van der Waals surface area (Å²) in [6.45, 7) is 1.35. The molecule has 5 atom stereocenters. The molecule has 1 saturated carbocycles. The van der Waals surface area contributed by atoms with Crippen molar-refractivity contribution in [1.82, 2.24) is 24.8 Å². The number of hydrogen-bond acceptors (Lipinski definition) is 9. The SMILES string of the molecule is N[C@@H]1CCN(c2nc(NC(c3ccccc3)c3ccccc3)c3ncn([C@@H]4C[C@H](NC(=O)CCc5ccccc5)[C@@H](O)[C@H]4O)c3n2)C1. The minimum absolute atomic E-state index is 0.0232. The Labute approximate surface area is 273 Å². The molecule has 2 aliphatic rings. The molecule has 3 heterocycles. The van der Waals surface area contributed by atoms with Gasteiger partial charge in [0.15, 0.2) is 17.0 Å². The average Bonchev–Trinajstić information content (AvgIpc) is 3.81. The molecule has 1 aliphatic carbocycles. The van der Waals surface area contributed by atoms with Crippen LogP contribution in [0.2, 0.25) is 0 Å². The summed E-state index contributed by atoms with van der Waals surface area (Å²) >= 11 is 0. The third-order valence-electron chi connectivity index (χ3n) is 9.30. The van der Waals surface area contributed by atoms with E-state index >= 15 is 0 Å². The van der Waals surface area contributed by atoms with E-state index in [4.69, 9.17) is 20.7 Å². The molecule has 5 aromatic rings. The summed E-state index contributed by atoms with van der Waals surface area (Å²) in [6, 6.07) is 28.8. The minimum atomic E-state index is -1.14. The number of carbonyl (C=O) groups excluding carboxylic acids is 1. The molecule has 1 amide bonds. The first kappa shape index (κ1) is 30.8. The molecule has 0 unspecified atom stereocenters. The zero-order chi connectivity index (χ0) is 32.3. The number of fused-ring (bicyclic) bond motifs is 1. The summed E-state index contributed by atoms with van der Waals surface area (Å²) in [5.74, 6) is 0.907. The van der Waals surface area contributed by atoms with E-state index in [-0.39, 0.29) is 24.4 Å². The molecule has 0 spiro atoms. The highest BCUT2D eigenvalue weighted by molar-refractivity contribution is 5.85. The van der Waals surface area contributed by atoms with Crippen molar-refractivity contribution in [3.8, 4) is 0 Å². The van der Waals surface area contributed by atoms with Gasteiger partial charge in [-0.1, -0.05) is 91.0 Å². The van der Waals surface area contributed by atoms with Gasteiger partial charge in [-0.2, -0.15) is 9.97 Å². The van der Waals surface area contributed by atoms with Gasteiger partial charge in [0, 0.05) is 25.6 Å². The second-order valence-electron chi connectivity index (χ2n) is 12.5. The minimum Gasteiger partial charge on any atom is -0.388 e. The summed E-state index contributed by atoms with van der Waals surface area (Å²) in [4.78, 5) is 29.6. The van der Waals surface area contributed by atoms with E-state index in [1.54, 1.807) is 6.33 Å². The van der Waals surface area contributed by atoms with Crippen molar-refractivity contribution in [2.75, 3.05) is 23.3 Å². The van der Waals surface area contributed by atoms with Gasteiger partial charge in [-0.3, -0.25) is 4.79 Å². The van der Waals surface area contributed by atoms with Gasteiger partial charge in [-0.05, 0) is 36.0 Å². The first-order chi connectivity index (χ1) is 22.9. The van der Waals surface area contributed by atoms with Crippen LogP contribution in [0.5, 0.6) is 0 Å². The number of imidazole rings is 1. The lowest BCUT2D eigenvalue weighted by molar-refractivity contribution is -0.122. The monoisotopic (exact) mass is 632 g/mol. The number of amides is 1. The summed E-state index contributed by atoms with van der Waals surface area (Å²) in [5, 5.41) is 28.9. The topological polar surface area (TPSA) is 154 Å². The Morgan fingerprint density at radius 3 is 2.21 bits per heavy atom. The third kappa shape index (κ3) is 6.55. The molecule has 1 aliphatic heterocycles. The van der Waals surface area contributed by atoms with E-state index in [0.29, 0.717) is 42.3 Å². The number of rotatable bonds is 10. The number of aliphatic hydroxyl groups excluding tert-OH is 2. The number of hydrogen-bond donors (Lipinski definition) is 5. The largest absolute Gasteiger partial charge is 0.388 e. The molecular formula is C36H40N8O3. The van der Waals surface area contributed by atoms with Crippen LogP contribution in [0.3, 0.4) is 0 Å². The first-order valence-corrected chi connectivity index (χ1v) is 16.3. The standard InChI is InChI=1S/C36H40N8O3/c37-26-18-19-43(21-26)36-41-34(40-30(24-12-6-2-7-13-24)25-14-8-3-9-15-25)31-35(42-36)44(22-38-31)28-20-27(32(46)33(28)47)39-29(45)17-16-23-10-4-1-5-11-23/h1-15,22,26-28,30,32-33,46-47H,16-21,37H2,(H,39,45)(H,40,41,42)/t26-,27+,28-,32-,33+/m1/s1. The Bertz CT molecular complexity index is 1760. The predicted molar refractivity (Wildman–Crippen MR) is 181 cm³/mol. The number of aliphatic hydroxyl groups is 2. The summed E-state index contributed by atoms with van der Waals surface area (Å²) in [5.41, 5.74) is 10.5. The lowest BCUT2D eigenvalue weighted by Gasteiger charge is -2.23. The number of aromatic nitrogens is 4. The van der Waals surface area contributed by atoms with Crippen molar-refractivity contribution in [2.45, 2.75) is 62.1 Å². The van der Waals surface area contributed by atoms with Gasteiger partial charge in [-0.15, -0.1) is 0 Å². The summed E-state index contributed by atoms with van der Waals surface area (Å²) in [7, 11) is 0. The van der Waals surface area contributed by atoms with Crippen molar-refractivity contribution in [2.24, 2.45) is 5.73 Å². The van der Waals surface area contributed by atoms with Crippen LogP contribution < -0.4 is 21.3 Å². The highest BCUT2D eigenvalue weighted by atomic mass is 16.3. The number of nitrogens with two attached hydrogens (primary N) is 1. The van der Waals surface area contributed by atoms with Crippen LogP contribution in [-0.4, -0.2) is 73.0 Å². The van der Waals surface area contributed by atoms with E-state index in [0.717, 1.165) is 29.7 Å². The number of nitrogens with zero attached hydrogens (tertiary/aromatic N) is 5. The molecule has 242 valence electrons. The molecule has 11 nitrogen and oxygen atoms in total. The van der Waals surface area contributed by atoms with Crippen LogP contribution in [0.4, 0.5) is 11.8 Å². The molecule has 47 heavy (non-hydrogen) atoms. The predicted octanol–water partition coefficient (Wildman–Crippen LogP) is 3.35. The molecule has 2 fully saturated rings. The van der Waals surface area contributed by atoms with Gasteiger partial charge in [-0.25, -0.2) is 4.98 Å². The Morgan fingerprint density at radius 2 is 1.57 bits per heavy atom. The lowest BCUT2D eigenvalue weighted by atomic mass is 9.99. The first-order valence-electron chi connectivity index (χ1n) is 16.3. The zero-order valence-electron chi connectivity index (χ0n) is 26.1. The van der Waals surface area contributed by atoms with Gasteiger partial charge < -0.3 is 36.0 Å². The van der Waals surface area contributed by atoms with Crippen molar-refractivity contribution in [1.29, 1.82) is 0 Å². The lowest BCUT2D eigenvalue weighted by Crippen LogP contribution is -2.43. The number of carbonyl (C=O) groups is 1. The van der Waals surface area contributed by atoms with E-state index < -0.39 is 24.3 Å². The van der Waals surface area contributed by atoms with Crippen LogP contribution >= 0.6 is 0 Å². The molecule has 0 bridgehead atoms. The summed E-state index contributed by atoms with van der Waals surface area (Å²) in [6.07, 6.45) is 1.39. The van der Waals surface area contributed by atoms with E-state index in [1.165, 1.54) is 0 Å². The molecule has 6 N–H and O–H groups in total. The highest BCUT2D eigenvalue weighted by Gasteiger charge is 2.44. The van der Waals surface area contributed by atoms with Gasteiger partial charge in [0.2, 0.25) is 11.9 Å². The Morgan fingerprint density at radius 1 is 0.915 bits per heavy atom. The Hall–Kier alpha value is -4.84. The molecule has 0 radical (unpaired) electrons. The second-order valence-corrected chi connectivity index (χ2v) is 12.5. The van der Waals surface area contributed by atoms with Crippen LogP contribution in [-0.2, 0) is 11.2 Å². The second kappa shape index (κ2) is 13.5. The fourth-order valence-electron chi connectivity index (χ4n) is 6.75. The Balaban J connectivity index is 1.20. The van der Waals surface area contributed by atoms with Gasteiger partial charge in [0.05, 0.1) is 24.5 Å². The molecule has 2 aromatic heterocycles. The van der Waals surface area contributed by atoms with Crippen LogP contribution in [0.15, 0.2) is 97.3 Å². The highest BCUT2D eigenvalue weighted by Crippen LogP contribution is 2.36. The molecule has 3 aromatic carbocycles. The van der Waals surface area contributed by atoms with Gasteiger partial charge in [0.25, 0.3) is 0 Å². The number of nitrogens with one attached hydrogen (secondary N) is 2. The third-order valence-corrected chi connectivity index (χ3v) is 9.30. The smallest absolute Gasteiger partial charge is 0.229 e. The maximum absolute atomic E-state index is 12.9. The number of anilines is 2. The van der Waals surface area contributed by atoms with Crippen molar-refractivity contribution in [3.05, 3.63) is 114 Å². The van der Waals surface area contributed by atoms with E-state index in [9.17, 15) is 15.0 Å². The van der Waals surface area contributed by atoms with Crippen LogP contribution in [0.1, 0.15) is 48.0 Å². The Kier molecular flexibility index (Phi) is 8.84. The van der Waals surface area contributed by atoms with Crippen molar-refractivity contribution < 1.29 is 15.0 Å². The van der Waals surface area contributed by atoms with Crippen molar-refractivity contribution in [3.63, 3.8) is 0 Å². The summed E-state index contributed by atoms with van der Waals surface area (Å²) < 4.78 is 1.81. The van der Waals surface area contributed by atoms with Gasteiger partial charge in [0.1, 0.15) is 12.2 Å². The quantitative estimate of drug-likeness (QED) is 0.156. The van der Waals surface area contributed by atoms with E-state index in [1.807, 2.05) is 71.3 Å². The normalized spacial score (nSPS) is 22.6. The maximum Gasteiger partial charge on any atom is 0.229 e. The fourth-order valence-corrected chi connectivity index (χ4v) is 6.75. The fraction of sp³-hybridized carbons (Fsp3) is 0.333. The zero-order valence-corrected chi connectivity index (χ0v) is 26.1. The molecule has 1 saturated heterocycles. The average molecular weight is 633 g/mol. The molecule has 7 rings (SSSR count). The van der Waals surface area contributed by atoms with Gasteiger partial charge >= 0.3 is 0 Å². The molecular weight excluding hydrogens is 592 g/mol. The number of aryl methyl sites for hydroxylation is 1. The molecule has 11 heteroatoms. The van der Waals surface area contributed by atoms with Crippen LogP contribution in [0.25, 0.3) is 11.2 Å². The number of benzene rings is 3.